The summed E-state index contributed by atoms with van der Waals surface area (Å²) in [5, 5.41) is 0. The molecule has 0 aliphatic carbocycles. The van der Waals surface area contributed by atoms with Crippen molar-refractivity contribution >= 4 is 0 Å². The van der Waals surface area contributed by atoms with Crippen molar-refractivity contribution in [2.45, 2.75) is 34.1 Å². The molecule has 17 heavy (non-hydrogen) atoms. The van der Waals surface area contributed by atoms with Gasteiger partial charge in [-0.25, -0.2) is 0 Å². The number of allylic oxidation sites excluding steroid dienone is 6. The third-order valence-corrected chi connectivity index (χ3v) is 1.95. The summed E-state index contributed by atoms with van der Waals surface area (Å²) in [6.45, 7) is 12.5. The van der Waals surface area contributed by atoms with E-state index >= 15 is 0 Å². The van der Waals surface area contributed by atoms with Crippen molar-refractivity contribution in [2.24, 2.45) is 0 Å². The van der Waals surface area contributed by atoms with Crippen LogP contribution in [0.4, 0.5) is 0 Å². The van der Waals surface area contributed by atoms with Gasteiger partial charge in [-0.3, -0.25) is 0 Å². The summed E-state index contributed by atoms with van der Waals surface area (Å²) in [5.74, 6) is 0.937. The van der Waals surface area contributed by atoms with Gasteiger partial charge in [0.1, 0.15) is 12.4 Å². The maximum atomic E-state index is 5.78. The molecule has 0 N–H and O–H groups in total. The first-order valence-electron chi connectivity index (χ1n) is 6.06. The molecule has 0 aliphatic heterocycles. The van der Waals surface area contributed by atoms with Gasteiger partial charge in [0, 0.05) is 0 Å². The van der Waals surface area contributed by atoms with Gasteiger partial charge in [-0.2, -0.15) is 0 Å². The molecular formula is C16H24O. The zero-order valence-corrected chi connectivity index (χ0v) is 11.5. The minimum atomic E-state index is 0.575. The van der Waals surface area contributed by atoms with Gasteiger partial charge < -0.3 is 4.74 Å². The van der Waals surface area contributed by atoms with Crippen molar-refractivity contribution in [3.63, 3.8) is 0 Å². The number of hydrogen-bond acceptors (Lipinski definition) is 1. The van der Waals surface area contributed by atoms with Gasteiger partial charge >= 0.3 is 0 Å². The van der Waals surface area contributed by atoms with Gasteiger partial charge in [0.15, 0.2) is 0 Å². The predicted octanol–water partition coefficient (Wildman–Crippen LogP) is 4.95. The van der Waals surface area contributed by atoms with E-state index in [0.29, 0.717) is 6.61 Å². The van der Waals surface area contributed by atoms with Crippen LogP contribution in [-0.4, -0.2) is 6.61 Å². The van der Waals surface area contributed by atoms with E-state index in [1.54, 1.807) is 6.08 Å². The van der Waals surface area contributed by atoms with Crippen molar-refractivity contribution < 1.29 is 4.74 Å². The fourth-order valence-electron chi connectivity index (χ4n) is 1.33. The van der Waals surface area contributed by atoms with Gasteiger partial charge in [-0.1, -0.05) is 43.4 Å². The monoisotopic (exact) mass is 232 g/mol. The summed E-state index contributed by atoms with van der Waals surface area (Å²) in [7, 11) is 0. The Kier molecular flexibility index (Phi) is 8.85. The zero-order chi connectivity index (χ0) is 13.1. The quantitative estimate of drug-likeness (QED) is 0.445. The van der Waals surface area contributed by atoms with Crippen LogP contribution in [0.3, 0.4) is 0 Å². The zero-order valence-electron chi connectivity index (χ0n) is 11.5. The van der Waals surface area contributed by atoms with Crippen molar-refractivity contribution in [1.82, 2.24) is 0 Å². The molecule has 0 bridgehead atoms. The van der Waals surface area contributed by atoms with E-state index in [-0.39, 0.29) is 0 Å². The van der Waals surface area contributed by atoms with Gasteiger partial charge in [0.2, 0.25) is 0 Å². The number of rotatable bonds is 7. The highest BCUT2D eigenvalue weighted by Gasteiger charge is 1.96. The fourth-order valence-corrected chi connectivity index (χ4v) is 1.33. The maximum absolute atomic E-state index is 5.78. The Balaban J connectivity index is 4.59. The molecular weight excluding hydrogens is 208 g/mol. The molecule has 1 heteroatoms. The molecule has 94 valence electrons. The second-order valence-electron chi connectivity index (χ2n) is 4.00. The molecule has 0 aromatic heterocycles. The molecule has 0 fully saturated rings. The molecule has 0 atom stereocenters. The minimum absolute atomic E-state index is 0.575. The minimum Gasteiger partial charge on any atom is -0.489 e. The summed E-state index contributed by atoms with van der Waals surface area (Å²) in [6.07, 6.45) is 12.9. The lowest BCUT2D eigenvalue weighted by atomic mass is 10.2. The molecule has 0 aromatic carbocycles. The van der Waals surface area contributed by atoms with E-state index in [0.717, 1.165) is 17.8 Å². The van der Waals surface area contributed by atoms with Crippen LogP contribution in [0.5, 0.6) is 0 Å². The fraction of sp³-hybridized carbons (Fsp3) is 0.375. The average Bonchev–Trinajstić information content (AvgIpc) is 2.26. The van der Waals surface area contributed by atoms with Crippen LogP contribution < -0.4 is 0 Å². The Morgan fingerprint density at radius 1 is 1.29 bits per heavy atom. The first-order chi connectivity index (χ1) is 8.13. The van der Waals surface area contributed by atoms with Crippen LogP contribution >= 0.6 is 0 Å². The van der Waals surface area contributed by atoms with E-state index in [2.05, 4.69) is 39.5 Å². The highest BCUT2D eigenvalue weighted by Crippen LogP contribution is 2.09. The first-order valence-corrected chi connectivity index (χ1v) is 6.06. The number of ether oxygens (including phenoxy) is 1. The summed E-state index contributed by atoms with van der Waals surface area (Å²) < 4.78 is 5.78. The standard InChI is InChI=1S/C16H24O/c1-6-9-15(10-7-2)13-17-16(11-8-3)12-14(4)5/h6-7,9-12H,1,8,13H2,2-5H3/b10-7-,15-9+,16-11+. The van der Waals surface area contributed by atoms with Crippen LogP contribution in [0.1, 0.15) is 34.1 Å². The lowest BCUT2D eigenvalue weighted by molar-refractivity contribution is 0.254. The van der Waals surface area contributed by atoms with Crippen LogP contribution in [-0.2, 0) is 4.74 Å². The maximum Gasteiger partial charge on any atom is 0.115 e. The van der Waals surface area contributed by atoms with Gasteiger partial charge in [-0.05, 0) is 44.9 Å². The van der Waals surface area contributed by atoms with Gasteiger partial charge in [-0.15, -0.1) is 0 Å². The normalized spacial score (nSPS) is 12.7. The molecule has 0 saturated carbocycles. The summed E-state index contributed by atoms with van der Waals surface area (Å²) >= 11 is 0. The van der Waals surface area contributed by atoms with Crippen LogP contribution in [0.2, 0.25) is 0 Å². The van der Waals surface area contributed by atoms with Gasteiger partial charge in [0.05, 0.1) is 0 Å². The summed E-state index contributed by atoms with van der Waals surface area (Å²) in [4.78, 5) is 0. The van der Waals surface area contributed by atoms with E-state index in [9.17, 15) is 0 Å². The second kappa shape index (κ2) is 9.71. The highest BCUT2D eigenvalue weighted by molar-refractivity contribution is 5.24. The van der Waals surface area contributed by atoms with E-state index in [1.165, 1.54) is 5.57 Å². The van der Waals surface area contributed by atoms with Gasteiger partial charge in [0.25, 0.3) is 0 Å². The smallest absolute Gasteiger partial charge is 0.115 e. The van der Waals surface area contributed by atoms with Crippen molar-refractivity contribution in [3.05, 3.63) is 59.9 Å². The molecule has 0 heterocycles. The summed E-state index contributed by atoms with van der Waals surface area (Å²) in [6, 6.07) is 0. The van der Waals surface area contributed by atoms with Crippen LogP contribution in [0.15, 0.2) is 59.9 Å². The number of hydrogen-bond donors (Lipinski definition) is 0. The van der Waals surface area contributed by atoms with Crippen molar-refractivity contribution in [2.75, 3.05) is 6.61 Å². The lowest BCUT2D eigenvalue weighted by Gasteiger charge is -2.08. The topological polar surface area (TPSA) is 9.23 Å². The van der Waals surface area contributed by atoms with Crippen molar-refractivity contribution in [3.8, 4) is 0 Å². The van der Waals surface area contributed by atoms with Crippen molar-refractivity contribution in [1.29, 1.82) is 0 Å². The summed E-state index contributed by atoms with van der Waals surface area (Å²) in [5.41, 5.74) is 2.36. The average molecular weight is 232 g/mol. The predicted molar refractivity (Wildman–Crippen MR) is 76.9 cm³/mol. The Hall–Kier alpha value is -1.50. The van der Waals surface area contributed by atoms with Crippen LogP contribution in [0.25, 0.3) is 0 Å². The Bertz CT molecular complexity index is 337. The molecule has 0 aliphatic rings. The SMILES string of the molecule is C=C/C=C(\C=C/C)CO/C(C=C(C)C)=C/CC. The molecule has 0 amide bonds. The molecule has 1 nitrogen and oxygen atoms in total. The Morgan fingerprint density at radius 2 is 2.00 bits per heavy atom. The Labute approximate surface area is 106 Å². The Morgan fingerprint density at radius 3 is 2.47 bits per heavy atom. The third kappa shape index (κ3) is 8.32. The third-order valence-electron chi connectivity index (χ3n) is 1.95. The second-order valence-corrected chi connectivity index (χ2v) is 4.00. The first kappa shape index (κ1) is 15.5. The lowest BCUT2D eigenvalue weighted by Crippen LogP contribution is -1.96. The molecule has 0 unspecified atom stereocenters. The largest absolute Gasteiger partial charge is 0.489 e. The van der Waals surface area contributed by atoms with E-state index in [4.69, 9.17) is 4.74 Å². The molecule has 0 saturated heterocycles. The van der Waals surface area contributed by atoms with E-state index in [1.807, 2.05) is 25.2 Å². The van der Waals surface area contributed by atoms with Crippen LogP contribution in [0, 0.1) is 0 Å². The highest BCUT2D eigenvalue weighted by atomic mass is 16.5. The molecule has 0 radical (unpaired) electrons. The molecule has 0 aromatic rings. The molecule has 0 rings (SSSR count). The van der Waals surface area contributed by atoms with E-state index < -0.39 is 0 Å². The molecule has 0 spiro atoms.